The molecule has 1 aromatic carbocycles. The Morgan fingerprint density at radius 1 is 1.15 bits per heavy atom. The second-order valence-electron chi connectivity index (χ2n) is 11.4. The van der Waals surface area contributed by atoms with Crippen LogP contribution in [0.25, 0.3) is 33.8 Å². The first-order valence-electron chi connectivity index (χ1n) is 13.4. The minimum Gasteiger partial charge on any atom is -0.420 e. The van der Waals surface area contributed by atoms with Crippen LogP contribution >= 0.6 is 0 Å². The van der Waals surface area contributed by atoms with Crippen molar-refractivity contribution < 1.29 is 9.52 Å². The summed E-state index contributed by atoms with van der Waals surface area (Å²) in [6.45, 7) is 8.03. The summed E-state index contributed by atoms with van der Waals surface area (Å²) in [6.07, 6.45) is 4.79. The highest BCUT2D eigenvalue weighted by Gasteiger charge is 2.27. The molecule has 4 aromatic heterocycles. The van der Waals surface area contributed by atoms with E-state index in [9.17, 15) is 5.11 Å². The number of fused-ring (bicyclic) bond motifs is 2. The fourth-order valence-corrected chi connectivity index (χ4v) is 5.17. The molecule has 0 aliphatic heterocycles. The molecule has 4 heterocycles. The average Bonchev–Trinajstić information content (AvgIpc) is 3.61. The third-order valence-corrected chi connectivity index (χ3v) is 7.43. The van der Waals surface area contributed by atoms with Crippen LogP contribution in [0.3, 0.4) is 0 Å². The van der Waals surface area contributed by atoms with Gasteiger partial charge in [0.25, 0.3) is 5.89 Å². The number of aryl methyl sites for hydroxylation is 3. The molecule has 0 amide bonds. The van der Waals surface area contributed by atoms with Crippen molar-refractivity contribution in [2.24, 2.45) is 7.05 Å². The van der Waals surface area contributed by atoms with Gasteiger partial charge in [-0.3, -0.25) is 10.00 Å². The van der Waals surface area contributed by atoms with E-state index in [1.807, 2.05) is 57.8 Å². The van der Waals surface area contributed by atoms with Gasteiger partial charge in [-0.25, -0.2) is 9.97 Å². The van der Waals surface area contributed by atoms with Crippen LogP contribution in [0.4, 0.5) is 0 Å². The van der Waals surface area contributed by atoms with Crippen LogP contribution in [-0.2, 0) is 18.9 Å². The first-order valence-corrected chi connectivity index (χ1v) is 13.4. The zero-order chi connectivity index (χ0) is 27.3. The Bertz CT molecular complexity index is 1620. The molecule has 2 unspecified atom stereocenters. The number of aromatic nitrogens is 7. The maximum atomic E-state index is 10.9. The van der Waals surface area contributed by atoms with Gasteiger partial charge >= 0.3 is 0 Å². The van der Waals surface area contributed by atoms with Crippen molar-refractivity contribution in [2.75, 3.05) is 0 Å². The molecular formula is C29H34N8O2. The lowest BCUT2D eigenvalue weighted by atomic mass is 9.94. The average molecular weight is 527 g/mol. The number of H-pyrrole nitrogens is 1. The van der Waals surface area contributed by atoms with Crippen LogP contribution in [0.5, 0.6) is 0 Å². The third kappa shape index (κ3) is 4.86. The molecule has 0 bridgehead atoms. The summed E-state index contributed by atoms with van der Waals surface area (Å²) in [6, 6.07) is 10.5. The molecule has 6 rings (SSSR count). The van der Waals surface area contributed by atoms with Gasteiger partial charge in [0, 0.05) is 36.0 Å². The Morgan fingerprint density at radius 2 is 2.00 bits per heavy atom. The summed E-state index contributed by atoms with van der Waals surface area (Å²) >= 11 is 0. The molecule has 5 aromatic rings. The van der Waals surface area contributed by atoms with E-state index in [1.165, 1.54) is 11.1 Å². The normalized spacial score (nSPS) is 16.8. The molecule has 0 spiro atoms. The van der Waals surface area contributed by atoms with Gasteiger partial charge in [0.2, 0.25) is 5.89 Å². The minimum atomic E-state index is -1.04. The zero-order valence-electron chi connectivity index (χ0n) is 23.0. The lowest BCUT2D eigenvalue weighted by molar-refractivity contribution is 0.0894. The molecule has 10 heteroatoms. The molecule has 0 saturated heterocycles. The summed E-state index contributed by atoms with van der Waals surface area (Å²) in [5, 5.41) is 27.0. The van der Waals surface area contributed by atoms with Crippen LogP contribution in [0.1, 0.15) is 80.9 Å². The lowest BCUT2D eigenvalue weighted by Crippen LogP contribution is -2.27. The molecule has 1 aliphatic rings. The second-order valence-corrected chi connectivity index (χ2v) is 11.4. The quantitative estimate of drug-likeness (QED) is 0.214. The number of hydrogen-bond acceptors (Lipinski definition) is 8. The number of aliphatic hydroxyl groups is 1. The molecular weight excluding hydrogens is 492 g/mol. The number of hydrogen-bond donors (Lipinski definition) is 3. The Labute approximate surface area is 226 Å². The highest BCUT2D eigenvalue weighted by atomic mass is 16.4. The number of aliphatic hydroxyl groups excluding tert-OH is 1. The highest BCUT2D eigenvalue weighted by molar-refractivity contribution is 5.91. The van der Waals surface area contributed by atoms with Crippen LogP contribution in [0, 0.1) is 6.92 Å². The lowest BCUT2D eigenvalue weighted by Gasteiger charge is -2.22. The van der Waals surface area contributed by atoms with Gasteiger partial charge in [-0.1, -0.05) is 45.4 Å². The molecule has 0 fully saturated rings. The SMILES string of the molecule is Cc1cc(-c2nc3c(-c4ccc5c(c4)CCCCC5NC(O)c4nnc(C(C)(C)C)o4)ccnc3[nH]2)nn1C. The van der Waals surface area contributed by atoms with Crippen molar-refractivity contribution >= 4 is 11.2 Å². The number of aromatic amines is 1. The smallest absolute Gasteiger partial charge is 0.259 e. The van der Waals surface area contributed by atoms with Gasteiger partial charge in [0.15, 0.2) is 17.7 Å². The largest absolute Gasteiger partial charge is 0.420 e. The van der Waals surface area contributed by atoms with Crippen molar-refractivity contribution in [2.45, 2.75) is 71.1 Å². The van der Waals surface area contributed by atoms with E-state index in [4.69, 9.17) is 9.40 Å². The maximum absolute atomic E-state index is 10.9. The Morgan fingerprint density at radius 3 is 2.74 bits per heavy atom. The zero-order valence-corrected chi connectivity index (χ0v) is 23.0. The van der Waals surface area contributed by atoms with E-state index >= 15 is 0 Å². The summed E-state index contributed by atoms with van der Waals surface area (Å²) in [5.74, 6) is 1.41. The molecule has 0 saturated carbocycles. The number of rotatable bonds is 5. The van der Waals surface area contributed by atoms with Crippen molar-refractivity contribution in [3.05, 3.63) is 65.1 Å². The molecule has 39 heavy (non-hydrogen) atoms. The topological polar surface area (TPSA) is 131 Å². The predicted molar refractivity (Wildman–Crippen MR) is 148 cm³/mol. The number of benzene rings is 1. The molecule has 2 atom stereocenters. The molecule has 10 nitrogen and oxygen atoms in total. The monoisotopic (exact) mass is 526 g/mol. The van der Waals surface area contributed by atoms with Gasteiger partial charge in [-0.15, -0.1) is 10.2 Å². The number of imidazole rings is 1. The van der Waals surface area contributed by atoms with E-state index in [2.05, 4.69) is 48.8 Å². The van der Waals surface area contributed by atoms with Crippen molar-refractivity contribution in [3.63, 3.8) is 0 Å². The molecule has 3 N–H and O–H groups in total. The number of pyridine rings is 1. The highest BCUT2D eigenvalue weighted by Crippen LogP contribution is 2.35. The summed E-state index contributed by atoms with van der Waals surface area (Å²) in [7, 11) is 1.92. The standard InChI is InChI=1S/C29H34N8O2/c1-16-14-22(36-37(16)5)24-32-23-20(12-13-30-25(23)33-24)18-10-11-19-17(15-18)8-6-7-9-21(19)31-26(38)27-34-35-28(39-27)29(2,3)4/h10-15,21,26,31,38H,6-9H2,1-5H3,(H,30,32,33). The van der Waals surface area contributed by atoms with E-state index in [1.54, 1.807) is 0 Å². The van der Waals surface area contributed by atoms with Gasteiger partial charge in [-0.2, -0.15) is 5.10 Å². The first kappa shape index (κ1) is 25.4. The van der Waals surface area contributed by atoms with Crippen molar-refractivity contribution in [1.29, 1.82) is 0 Å². The Hall–Kier alpha value is -3.89. The van der Waals surface area contributed by atoms with Crippen LogP contribution in [0.2, 0.25) is 0 Å². The predicted octanol–water partition coefficient (Wildman–Crippen LogP) is 5.06. The van der Waals surface area contributed by atoms with Gasteiger partial charge in [-0.05, 0) is 55.0 Å². The second kappa shape index (κ2) is 9.69. The number of nitrogens with zero attached hydrogens (tertiary/aromatic N) is 6. The summed E-state index contributed by atoms with van der Waals surface area (Å²) in [4.78, 5) is 12.7. The first-order chi connectivity index (χ1) is 18.7. The van der Waals surface area contributed by atoms with E-state index < -0.39 is 6.23 Å². The van der Waals surface area contributed by atoms with Crippen LogP contribution in [0.15, 0.2) is 40.9 Å². The fourth-order valence-electron chi connectivity index (χ4n) is 5.17. The Balaban J connectivity index is 1.30. The van der Waals surface area contributed by atoms with Crippen LogP contribution in [-0.4, -0.2) is 40.0 Å². The minimum absolute atomic E-state index is 0.0293. The van der Waals surface area contributed by atoms with Gasteiger partial charge < -0.3 is 14.5 Å². The fraction of sp³-hybridized carbons (Fsp3) is 0.414. The van der Waals surface area contributed by atoms with Gasteiger partial charge in [0.05, 0.1) is 0 Å². The molecule has 202 valence electrons. The molecule has 1 aliphatic carbocycles. The van der Waals surface area contributed by atoms with E-state index in [-0.39, 0.29) is 17.3 Å². The Kier molecular flexibility index (Phi) is 6.31. The summed E-state index contributed by atoms with van der Waals surface area (Å²) in [5.41, 5.74) is 7.69. The van der Waals surface area contributed by atoms with Crippen molar-refractivity contribution in [1.82, 2.24) is 40.2 Å². The maximum Gasteiger partial charge on any atom is 0.259 e. The van der Waals surface area contributed by atoms with Crippen LogP contribution < -0.4 is 5.32 Å². The van der Waals surface area contributed by atoms with Gasteiger partial charge in [0.1, 0.15) is 11.2 Å². The van der Waals surface area contributed by atoms with Crippen molar-refractivity contribution in [3.8, 4) is 22.6 Å². The third-order valence-electron chi connectivity index (χ3n) is 7.43. The van der Waals surface area contributed by atoms with E-state index in [0.717, 1.165) is 59.4 Å². The number of nitrogens with one attached hydrogen (secondary N) is 2. The summed E-state index contributed by atoms with van der Waals surface area (Å²) < 4.78 is 7.61. The molecule has 0 radical (unpaired) electrons. The van der Waals surface area contributed by atoms with E-state index in [0.29, 0.717) is 11.7 Å².